The summed E-state index contributed by atoms with van der Waals surface area (Å²) in [4.78, 5) is 13.0. The Kier molecular flexibility index (Phi) is 7.07. The molecule has 0 bridgehead atoms. The van der Waals surface area contributed by atoms with Crippen molar-refractivity contribution >= 4 is 28.5 Å². The number of carbonyl (C=O) groups excluding carboxylic acids is 1. The van der Waals surface area contributed by atoms with Crippen molar-refractivity contribution in [3.63, 3.8) is 0 Å². The molecular formula is C34H25ClN2O5. The molecule has 7 nitrogen and oxygen atoms in total. The number of benzene rings is 4. The zero-order valence-corrected chi connectivity index (χ0v) is 23.6. The van der Waals surface area contributed by atoms with E-state index in [4.69, 9.17) is 36.0 Å². The van der Waals surface area contributed by atoms with Gasteiger partial charge in [-0.2, -0.15) is 5.26 Å². The van der Waals surface area contributed by atoms with E-state index in [9.17, 15) is 10.1 Å². The molecule has 8 heteroatoms. The van der Waals surface area contributed by atoms with Gasteiger partial charge in [-0.25, -0.2) is 4.79 Å². The van der Waals surface area contributed by atoms with Crippen molar-refractivity contribution in [3.05, 3.63) is 135 Å². The molecule has 1 atom stereocenters. The van der Waals surface area contributed by atoms with Crippen LogP contribution in [0.2, 0.25) is 5.02 Å². The molecule has 0 spiro atoms. The predicted octanol–water partition coefficient (Wildman–Crippen LogP) is 7.72. The highest BCUT2D eigenvalue weighted by molar-refractivity contribution is 6.30. The Hall–Kier alpha value is -5.19. The van der Waals surface area contributed by atoms with Crippen LogP contribution < -0.4 is 19.9 Å². The van der Waals surface area contributed by atoms with Crippen LogP contribution in [0.3, 0.4) is 0 Å². The standard InChI is InChI=1S/C34H25ClN2O5/c1-19-3-13-26-20(2)32(41-29(26)15-19)34(38)40-25-12-14-27-30(16-25)42-33(37)28(17-36)31(27)22-6-10-24(11-7-22)39-18-21-4-8-23(35)9-5-21/h3-16,31H,18,37H2,1-2H3. The summed E-state index contributed by atoms with van der Waals surface area (Å²) in [7, 11) is 0. The van der Waals surface area contributed by atoms with Gasteiger partial charge in [0.15, 0.2) is 0 Å². The third-order valence-electron chi connectivity index (χ3n) is 7.21. The highest BCUT2D eigenvalue weighted by atomic mass is 35.5. The number of ether oxygens (including phenoxy) is 3. The Labute approximate surface area is 247 Å². The molecule has 1 unspecified atom stereocenters. The van der Waals surface area contributed by atoms with E-state index in [0.717, 1.165) is 22.1 Å². The molecule has 1 aliphatic rings. The first kappa shape index (κ1) is 27.0. The van der Waals surface area contributed by atoms with Gasteiger partial charge in [0.1, 0.15) is 41.1 Å². The van der Waals surface area contributed by atoms with Crippen LogP contribution in [0.15, 0.2) is 101 Å². The fourth-order valence-electron chi connectivity index (χ4n) is 5.03. The van der Waals surface area contributed by atoms with Crippen LogP contribution in [-0.4, -0.2) is 5.97 Å². The number of furan rings is 1. The van der Waals surface area contributed by atoms with Crippen molar-refractivity contribution < 1.29 is 23.4 Å². The molecule has 5 aromatic rings. The SMILES string of the molecule is Cc1ccc2c(C)c(C(=O)Oc3ccc4c(c3)OC(N)=C(C#N)C4c3ccc(OCc4ccc(Cl)cc4)cc3)oc2c1. The average Bonchev–Trinajstić information content (AvgIpc) is 3.31. The number of hydrogen-bond acceptors (Lipinski definition) is 7. The normalized spacial score (nSPS) is 14.2. The highest BCUT2D eigenvalue weighted by Gasteiger charge is 2.31. The molecule has 6 rings (SSSR count). The first-order valence-electron chi connectivity index (χ1n) is 13.2. The smallest absolute Gasteiger partial charge is 0.379 e. The van der Waals surface area contributed by atoms with E-state index < -0.39 is 11.9 Å². The molecule has 0 radical (unpaired) electrons. The van der Waals surface area contributed by atoms with Crippen molar-refractivity contribution in [1.29, 1.82) is 5.26 Å². The third-order valence-corrected chi connectivity index (χ3v) is 7.46. The van der Waals surface area contributed by atoms with Crippen LogP contribution in [0.4, 0.5) is 0 Å². The second kappa shape index (κ2) is 11.0. The molecule has 2 heterocycles. The maximum absolute atomic E-state index is 13.0. The first-order chi connectivity index (χ1) is 20.3. The summed E-state index contributed by atoms with van der Waals surface area (Å²) >= 11 is 5.96. The lowest BCUT2D eigenvalue weighted by Crippen LogP contribution is -2.21. The predicted molar refractivity (Wildman–Crippen MR) is 159 cm³/mol. The van der Waals surface area contributed by atoms with Crippen molar-refractivity contribution in [2.45, 2.75) is 26.4 Å². The van der Waals surface area contributed by atoms with Crippen LogP contribution in [0.5, 0.6) is 17.2 Å². The maximum Gasteiger partial charge on any atom is 0.379 e. The summed E-state index contributed by atoms with van der Waals surface area (Å²) in [5.41, 5.74) is 11.4. The molecular weight excluding hydrogens is 552 g/mol. The fraction of sp³-hybridized carbons (Fsp3) is 0.118. The van der Waals surface area contributed by atoms with Gasteiger partial charge in [0, 0.05) is 27.6 Å². The van der Waals surface area contributed by atoms with Gasteiger partial charge in [-0.15, -0.1) is 0 Å². The van der Waals surface area contributed by atoms with Gasteiger partial charge in [-0.3, -0.25) is 0 Å². The number of aryl methyl sites for hydroxylation is 2. The Bertz CT molecular complexity index is 1900. The van der Waals surface area contributed by atoms with E-state index in [1.54, 1.807) is 18.2 Å². The Morgan fingerprint density at radius 3 is 2.45 bits per heavy atom. The summed E-state index contributed by atoms with van der Waals surface area (Å²) in [5.74, 6) is 0.352. The van der Waals surface area contributed by atoms with Crippen LogP contribution in [0.25, 0.3) is 11.0 Å². The van der Waals surface area contributed by atoms with Crippen LogP contribution >= 0.6 is 11.6 Å². The second-order valence-corrected chi connectivity index (χ2v) is 10.5. The van der Waals surface area contributed by atoms with Crippen molar-refractivity contribution in [1.82, 2.24) is 0 Å². The fourth-order valence-corrected chi connectivity index (χ4v) is 5.15. The molecule has 0 amide bonds. The van der Waals surface area contributed by atoms with Crippen LogP contribution in [-0.2, 0) is 6.61 Å². The van der Waals surface area contributed by atoms with E-state index in [-0.39, 0.29) is 23.0 Å². The highest BCUT2D eigenvalue weighted by Crippen LogP contribution is 2.44. The minimum absolute atomic E-state index is 0.00922. The van der Waals surface area contributed by atoms with Crippen molar-refractivity contribution in [2.75, 3.05) is 0 Å². The van der Waals surface area contributed by atoms with Crippen LogP contribution in [0, 0.1) is 25.2 Å². The summed E-state index contributed by atoms with van der Waals surface area (Å²) in [6, 6.07) is 27.9. The summed E-state index contributed by atoms with van der Waals surface area (Å²) < 4.78 is 23.2. The number of esters is 1. The molecule has 1 aliphatic heterocycles. The molecule has 42 heavy (non-hydrogen) atoms. The molecule has 0 fully saturated rings. The third kappa shape index (κ3) is 5.16. The number of halogens is 1. The zero-order chi connectivity index (χ0) is 29.4. The minimum atomic E-state index is -0.621. The topological polar surface area (TPSA) is 108 Å². The van der Waals surface area contributed by atoms with E-state index in [0.29, 0.717) is 39.8 Å². The van der Waals surface area contributed by atoms with E-state index in [2.05, 4.69) is 6.07 Å². The lowest BCUT2D eigenvalue weighted by atomic mass is 9.83. The quantitative estimate of drug-likeness (QED) is 0.163. The van der Waals surface area contributed by atoms with Gasteiger partial charge in [-0.05, 0) is 66.9 Å². The molecule has 0 saturated heterocycles. The van der Waals surface area contributed by atoms with Crippen LogP contribution in [0.1, 0.15) is 44.3 Å². The maximum atomic E-state index is 13.0. The summed E-state index contributed by atoms with van der Waals surface area (Å²) in [6.45, 7) is 4.17. The molecule has 208 valence electrons. The van der Waals surface area contributed by atoms with Crippen molar-refractivity contribution in [2.24, 2.45) is 5.73 Å². The van der Waals surface area contributed by atoms with Gasteiger partial charge >= 0.3 is 5.97 Å². The number of nitrogens with zero attached hydrogens (tertiary/aromatic N) is 1. The van der Waals surface area contributed by atoms with Gasteiger partial charge < -0.3 is 24.4 Å². The molecule has 0 aliphatic carbocycles. The van der Waals surface area contributed by atoms with Gasteiger partial charge in [0.25, 0.3) is 0 Å². The first-order valence-corrected chi connectivity index (χ1v) is 13.6. The van der Waals surface area contributed by atoms with Gasteiger partial charge in [-0.1, -0.05) is 54.1 Å². The largest absolute Gasteiger partial charge is 0.489 e. The minimum Gasteiger partial charge on any atom is -0.489 e. The second-order valence-electron chi connectivity index (χ2n) is 10.1. The zero-order valence-electron chi connectivity index (χ0n) is 22.8. The molecule has 1 aromatic heterocycles. The molecule has 4 aromatic carbocycles. The molecule has 0 saturated carbocycles. The number of nitriles is 1. The molecule has 2 N–H and O–H groups in total. The van der Waals surface area contributed by atoms with Gasteiger partial charge in [0.2, 0.25) is 11.6 Å². The van der Waals surface area contributed by atoms with Gasteiger partial charge in [0.05, 0.1) is 5.92 Å². The number of allylic oxidation sites excluding steroid dienone is 1. The summed E-state index contributed by atoms with van der Waals surface area (Å²) in [6.07, 6.45) is 0. The summed E-state index contributed by atoms with van der Waals surface area (Å²) in [5, 5.41) is 11.4. The monoisotopic (exact) mass is 576 g/mol. The average molecular weight is 577 g/mol. The lowest BCUT2D eigenvalue weighted by Gasteiger charge is -2.26. The number of fused-ring (bicyclic) bond motifs is 2. The number of carbonyl (C=O) groups is 1. The van der Waals surface area contributed by atoms with E-state index in [1.165, 1.54) is 0 Å². The van der Waals surface area contributed by atoms with Crippen molar-refractivity contribution in [3.8, 4) is 23.3 Å². The number of nitrogens with two attached hydrogens (primary N) is 1. The lowest BCUT2D eigenvalue weighted by molar-refractivity contribution is 0.0702. The Morgan fingerprint density at radius 1 is 0.976 bits per heavy atom. The number of hydrogen-bond donors (Lipinski definition) is 1. The Balaban J connectivity index is 1.24. The Morgan fingerprint density at radius 2 is 1.71 bits per heavy atom. The van der Waals surface area contributed by atoms with E-state index >= 15 is 0 Å². The number of rotatable bonds is 6. The van der Waals surface area contributed by atoms with E-state index in [1.807, 2.05) is 80.6 Å².